The van der Waals surface area contributed by atoms with Crippen molar-refractivity contribution in [1.82, 2.24) is 15.3 Å². The van der Waals surface area contributed by atoms with Gasteiger partial charge in [0.15, 0.2) is 0 Å². The standard InChI is InChI=1S/C21H27N5O/c1-4-15-11-17(21(22)24-12-15)20(27)18-6-5-7-19(25-18)26-9-8-23-16(13-26)10-14(2)3/h4-7,11-12,14,16,23H,1,8-10,13H2,2-3H3,(H2,22,24)/t16-/m1/s1. The van der Waals surface area contributed by atoms with Crippen molar-refractivity contribution in [2.75, 3.05) is 30.3 Å². The first-order chi connectivity index (χ1) is 13.0. The van der Waals surface area contributed by atoms with E-state index >= 15 is 0 Å². The normalized spacial score (nSPS) is 17.1. The Morgan fingerprint density at radius 2 is 2.30 bits per heavy atom. The fourth-order valence-corrected chi connectivity index (χ4v) is 3.41. The topological polar surface area (TPSA) is 84.1 Å². The molecule has 1 atom stereocenters. The summed E-state index contributed by atoms with van der Waals surface area (Å²) in [6.45, 7) is 10.8. The van der Waals surface area contributed by atoms with E-state index in [2.05, 4.69) is 40.6 Å². The number of carbonyl (C=O) groups excluding carboxylic acids is 1. The third-order valence-electron chi connectivity index (χ3n) is 4.72. The average molecular weight is 365 g/mol. The molecule has 3 heterocycles. The summed E-state index contributed by atoms with van der Waals surface area (Å²) >= 11 is 0. The molecule has 6 heteroatoms. The molecule has 0 radical (unpaired) electrons. The molecule has 0 saturated carbocycles. The average Bonchev–Trinajstić information content (AvgIpc) is 2.67. The summed E-state index contributed by atoms with van der Waals surface area (Å²) in [6, 6.07) is 7.69. The molecule has 6 nitrogen and oxygen atoms in total. The third-order valence-corrected chi connectivity index (χ3v) is 4.72. The van der Waals surface area contributed by atoms with Crippen LogP contribution in [-0.4, -0.2) is 41.4 Å². The third kappa shape index (κ3) is 4.52. The lowest BCUT2D eigenvalue weighted by Gasteiger charge is -2.35. The maximum atomic E-state index is 12.9. The van der Waals surface area contributed by atoms with Gasteiger partial charge in [-0.25, -0.2) is 9.97 Å². The van der Waals surface area contributed by atoms with Gasteiger partial charge in [-0.1, -0.05) is 32.6 Å². The Kier molecular flexibility index (Phi) is 5.86. The minimum absolute atomic E-state index is 0.206. The summed E-state index contributed by atoms with van der Waals surface area (Å²) < 4.78 is 0. The second-order valence-corrected chi connectivity index (χ2v) is 7.34. The van der Waals surface area contributed by atoms with Crippen LogP contribution in [0.2, 0.25) is 0 Å². The maximum Gasteiger partial charge on any atom is 0.215 e. The maximum absolute atomic E-state index is 12.9. The van der Waals surface area contributed by atoms with Gasteiger partial charge in [-0.15, -0.1) is 0 Å². The number of hydrogen-bond acceptors (Lipinski definition) is 6. The zero-order chi connectivity index (χ0) is 19.4. The number of piperazine rings is 1. The van der Waals surface area contributed by atoms with E-state index in [1.807, 2.05) is 12.1 Å². The Balaban J connectivity index is 1.83. The number of hydrogen-bond donors (Lipinski definition) is 2. The van der Waals surface area contributed by atoms with Crippen LogP contribution in [0.25, 0.3) is 6.08 Å². The van der Waals surface area contributed by atoms with Gasteiger partial charge in [0.2, 0.25) is 5.78 Å². The van der Waals surface area contributed by atoms with Crippen LogP contribution in [-0.2, 0) is 0 Å². The van der Waals surface area contributed by atoms with Gasteiger partial charge in [0.25, 0.3) is 0 Å². The van der Waals surface area contributed by atoms with Gasteiger partial charge >= 0.3 is 0 Å². The van der Waals surface area contributed by atoms with E-state index in [1.165, 1.54) is 0 Å². The first kappa shape index (κ1) is 19.0. The zero-order valence-electron chi connectivity index (χ0n) is 16.0. The Bertz CT molecular complexity index is 833. The van der Waals surface area contributed by atoms with Crippen molar-refractivity contribution < 1.29 is 4.79 Å². The molecular formula is C21H27N5O. The smallest absolute Gasteiger partial charge is 0.215 e. The highest BCUT2D eigenvalue weighted by Gasteiger charge is 2.22. The van der Waals surface area contributed by atoms with Crippen LogP contribution in [0.1, 0.15) is 41.9 Å². The summed E-state index contributed by atoms with van der Waals surface area (Å²) in [5.74, 6) is 1.44. The fraction of sp³-hybridized carbons (Fsp3) is 0.381. The molecule has 1 aliphatic rings. The molecule has 0 aliphatic carbocycles. The Morgan fingerprint density at radius 1 is 1.48 bits per heavy atom. The van der Waals surface area contributed by atoms with Gasteiger partial charge in [-0.2, -0.15) is 0 Å². The minimum atomic E-state index is -0.223. The molecule has 0 bridgehead atoms. The number of nitrogen functional groups attached to an aromatic ring is 1. The van der Waals surface area contributed by atoms with Crippen LogP contribution in [0, 0.1) is 5.92 Å². The Hall–Kier alpha value is -2.73. The Morgan fingerprint density at radius 3 is 3.04 bits per heavy atom. The van der Waals surface area contributed by atoms with Crippen LogP contribution >= 0.6 is 0 Å². The fourth-order valence-electron chi connectivity index (χ4n) is 3.41. The number of anilines is 2. The second-order valence-electron chi connectivity index (χ2n) is 7.34. The molecule has 2 aromatic heterocycles. The summed E-state index contributed by atoms with van der Waals surface area (Å²) in [5, 5.41) is 3.56. The van der Waals surface area contributed by atoms with Gasteiger partial charge in [-0.3, -0.25) is 4.79 Å². The molecule has 0 aromatic carbocycles. The van der Waals surface area contributed by atoms with Crippen LogP contribution < -0.4 is 16.0 Å². The lowest BCUT2D eigenvalue weighted by Crippen LogP contribution is -2.51. The minimum Gasteiger partial charge on any atom is -0.383 e. The van der Waals surface area contributed by atoms with E-state index in [0.717, 1.165) is 37.4 Å². The van der Waals surface area contributed by atoms with Crippen molar-refractivity contribution in [1.29, 1.82) is 0 Å². The van der Waals surface area contributed by atoms with Crippen LogP contribution in [0.4, 0.5) is 11.6 Å². The van der Waals surface area contributed by atoms with E-state index in [1.54, 1.807) is 24.4 Å². The molecule has 2 aromatic rings. The summed E-state index contributed by atoms with van der Waals surface area (Å²) in [6.07, 6.45) is 4.35. The highest BCUT2D eigenvalue weighted by molar-refractivity contribution is 6.10. The largest absolute Gasteiger partial charge is 0.383 e. The molecule has 27 heavy (non-hydrogen) atoms. The first-order valence-electron chi connectivity index (χ1n) is 9.36. The molecule has 1 fully saturated rings. The number of nitrogens with one attached hydrogen (secondary N) is 1. The number of pyridine rings is 2. The van der Waals surface area contributed by atoms with Crippen molar-refractivity contribution >= 4 is 23.5 Å². The molecule has 0 unspecified atom stereocenters. The Labute approximate surface area is 160 Å². The number of nitrogens with two attached hydrogens (primary N) is 1. The number of carbonyl (C=O) groups is 1. The van der Waals surface area contributed by atoms with Gasteiger partial charge < -0.3 is 16.0 Å². The van der Waals surface area contributed by atoms with Crippen LogP contribution in [0.15, 0.2) is 37.0 Å². The zero-order valence-corrected chi connectivity index (χ0v) is 16.0. The number of aromatic nitrogens is 2. The predicted molar refractivity (Wildman–Crippen MR) is 110 cm³/mol. The van der Waals surface area contributed by atoms with Crippen LogP contribution in [0.3, 0.4) is 0 Å². The number of ketones is 1. The number of nitrogens with zero attached hydrogens (tertiary/aromatic N) is 3. The highest BCUT2D eigenvalue weighted by Crippen LogP contribution is 2.20. The molecule has 1 aliphatic heterocycles. The lowest BCUT2D eigenvalue weighted by molar-refractivity contribution is 0.103. The summed E-state index contributed by atoms with van der Waals surface area (Å²) in [7, 11) is 0. The van der Waals surface area contributed by atoms with E-state index in [4.69, 9.17) is 5.73 Å². The molecule has 1 saturated heterocycles. The second kappa shape index (κ2) is 8.31. The molecule has 3 N–H and O–H groups in total. The van der Waals surface area contributed by atoms with E-state index < -0.39 is 0 Å². The van der Waals surface area contributed by atoms with Crippen LogP contribution in [0.5, 0.6) is 0 Å². The van der Waals surface area contributed by atoms with Crippen molar-refractivity contribution in [3.8, 4) is 0 Å². The van der Waals surface area contributed by atoms with E-state index in [-0.39, 0.29) is 11.6 Å². The summed E-state index contributed by atoms with van der Waals surface area (Å²) in [5.41, 5.74) is 7.40. The van der Waals surface area contributed by atoms with E-state index in [9.17, 15) is 4.79 Å². The van der Waals surface area contributed by atoms with Gasteiger partial charge in [-0.05, 0) is 36.1 Å². The predicted octanol–water partition coefficient (Wildman–Crippen LogP) is 2.76. The lowest BCUT2D eigenvalue weighted by atomic mass is 10.0. The quantitative estimate of drug-likeness (QED) is 0.766. The van der Waals surface area contributed by atoms with Crippen molar-refractivity contribution in [3.63, 3.8) is 0 Å². The molecule has 3 rings (SSSR count). The van der Waals surface area contributed by atoms with Crippen molar-refractivity contribution in [3.05, 3.63) is 53.9 Å². The van der Waals surface area contributed by atoms with Gasteiger partial charge in [0, 0.05) is 31.9 Å². The molecule has 142 valence electrons. The monoisotopic (exact) mass is 365 g/mol. The first-order valence-corrected chi connectivity index (χ1v) is 9.36. The van der Waals surface area contributed by atoms with Crippen molar-refractivity contribution in [2.24, 2.45) is 5.92 Å². The van der Waals surface area contributed by atoms with E-state index in [0.29, 0.717) is 23.2 Å². The molecular weight excluding hydrogens is 338 g/mol. The SMILES string of the molecule is C=Cc1cnc(N)c(C(=O)c2cccc(N3CCN[C@H](CC(C)C)C3)n2)c1. The number of rotatable bonds is 6. The highest BCUT2D eigenvalue weighted by atomic mass is 16.1. The molecule has 0 amide bonds. The van der Waals surface area contributed by atoms with Gasteiger partial charge in [0.1, 0.15) is 17.3 Å². The van der Waals surface area contributed by atoms with Crippen molar-refractivity contribution in [2.45, 2.75) is 26.3 Å². The summed E-state index contributed by atoms with van der Waals surface area (Å²) in [4.78, 5) is 23.9. The van der Waals surface area contributed by atoms with Gasteiger partial charge in [0.05, 0.1) is 5.56 Å². The molecule has 0 spiro atoms.